The van der Waals surface area contributed by atoms with Crippen LogP contribution in [0.25, 0.3) is 0 Å². The number of hydrogen-bond acceptors (Lipinski definition) is 4. The highest BCUT2D eigenvalue weighted by Crippen LogP contribution is 2.31. The zero-order chi connectivity index (χ0) is 18.0. The van der Waals surface area contributed by atoms with Crippen molar-refractivity contribution in [2.45, 2.75) is 31.2 Å². The van der Waals surface area contributed by atoms with Crippen LogP contribution in [-0.4, -0.2) is 30.7 Å². The standard InChI is InChI=1S/C14H18N2O3/c1-19-14(17)13(11-7-3-2-4-8-11)12-9-5-6-10-16(12)15-18/h2-4,7-8,12-13H,5-6,9-10H2,1H3/t12-,13-/m1/s1/i2D,3D,4D,7D,8D. The van der Waals surface area contributed by atoms with Gasteiger partial charge in [-0.05, 0) is 24.8 Å². The molecule has 0 N–H and O–H groups in total. The fourth-order valence-electron chi connectivity index (χ4n) is 2.39. The summed E-state index contributed by atoms with van der Waals surface area (Å²) in [6.45, 7) is 0.348. The van der Waals surface area contributed by atoms with Crippen LogP contribution in [0.1, 0.15) is 37.6 Å². The van der Waals surface area contributed by atoms with Crippen LogP contribution >= 0.6 is 0 Å². The Labute approximate surface area is 119 Å². The van der Waals surface area contributed by atoms with Crippen molar-refractivity contribution in [1.29, 1.82) is 0 Å². The van der Waals surface area contributed by atoms with Gasteiger partial charge in [0.05, 0.1) is 25.3 Å². The van der Waals surface area contributed by atoms with E-state index in [9.17, 15) is 9.70 Å². The normalized spacial score (nSPS) is 24.4. The van der Waals surface area contributed by atoms with Crippen molar-refractivity contribution in [2.75, 3.05) is 13.7 Å². The number of hydrogen-bond donors (Lipinski definition) is 0. The fourth-order valence-corrected chi connectivity index (χ4v) is 2.39. The number of ether oxygens (including phenoxy) is 1. The topological polar surface area (TPSA) is 59.0 Å². The summed E-state index contributed by atoms with van der Waals surface area (Å²) in [7, 11) is 1.16. The van der Waals surface area contributed by atoms with Crippen LogP contribution in [0.5, 0.6) is 0 Å². The molecule has 19 heavy (non-hydrogen) atoms. The number of nitroso groups, excluding NO2 is 1. The third-order valence-corrected chi connectivity index (χ3v) is 3.30. The van der Waals surface area contributed by atoms with Crippen LogP contribution in [0.4, 0.5) is 0 Å². The molecule has 0 radical (unpaired) electrons. The van der Waals surface area contributed by atoms with Crippen LogP contribution < -0.4 is 0 Å². The van der Waals surface area contributed by atoms with Gasteiger partial charge in [0.1, 0.15) is 5.92 Å². The molecule has 0 spiro atoms. The van der Waals surface area contributed by atoms with Gasteiger partial charge in [0.15, 0.2) is 0 Å². The van der Waals surface area contributed by atoms with Crippen LogP contribution in [0, 0.1) is 4.91 Å². The largest absolute Gasteiger partial charge is 0.468 e. The lowest BCUT2D eigenvalue weighted by atomic mass is 9.86. The van der Waals surface area contributed by atoms with E-state index in [1.54, 1.807) is 0 Å². The minimum atomic E-state index is -1.18. The Morgan fingerprint density at radius 3 is 2.84 bits per heavy atom. The number of benzene rings is 1. The zero-order valence-corrected chi connectivity index (χ0v) is 10.6. The van der Waals surface area contributed by atoms with Crippen molar-refractivity contribution in [3.05, 3.63) is 40.7 Å². The second-order valence-electron chi connectivity index (χ2n) is 4.35. The molecule has 0 unspecified atom stereocenters. The maximum atomic E-state index is 12.4. The molecule has 0 amide bonds. The summed E-state index contributed by atoms with van der Waals surface area (Å²) in [4.78, 5) is 23.5. The highest BCUT2D eigenvalue weighted by Gasteiger charge is 2.36. The average molecular weight is 267 g/mol. The van der Waals surface area contributed by atoms with E-state index in [2.05, 4.69) is 5.29 Å². The molecule has 1 aliphatic heterocycles. The second-order valence-corrected chi connectivity index (χ2v) is 4.35. The molecule has 5 nitrogen and oxygen atoms in total. The Hall–Kier alpha value is -1.91. The quantitative estimate of drug-likeness (QED) is 0.621. The minimum absolute atomic E-state index is 0.159. The number of nitrogens with zero attached hydrogens (tertiary/aromatic N) is 2. The summed E-state index contributed by atoms with van der Waals surface area (Å²) in [6.07, 6.45) is 1.91. The first-order valence-corrected chi connectivity index (χ1v) is 6.09. The predicted octanol–water partition coefficient (Wildman–Crippen LogP) is 2.48. The van der Waals surface area contributed by atoms with E-state index in [4.69, 9.17) is 11.6 Å². The van der Waals surface area contributed by atoms with E-state index >= 15 is 0 Å². The SMILES string of the molecule is [2H]c1c([2H])c([2H])c([C@@H](C(=O)OC)[C@H]2CCCCN2N=O)c([2H])c1[2H]. The molecule has 1 saturated heterocycles. The maximum Gasteiger partial charge on any atom is 0.315 e. The van der Waals surface area contributed by atoms with Crippen molar-refractivity contribution in [3.63, 3.8) is 0 Å². The van der Waals surface area contributed by atoms with E-state index in [0.717, 1.165) is 20.0 Å². The zero-order valence-electron chi connectivity index (χ0n) is 15.6. The van der Waals surface area contributed by atoms with E-state index in [1.807, 2.05) is 0 Å². The minimum Gasteiger partial charge on any atom is -0.468 e. The molecule has 102 valence electrons. The Kier molecular flexibility index (Phi) is 2.76. The first-order valence-electron chi connectivity index (χ1n) is 8.59. The number of methoxy groups -OCH3 is 1. The molecule has 0 aromatic heterocycles. The van der Waals surface area contributed by atoms with Gasteiger partial charge in [-0.15, -0.1) is 4.91 Å². The highest BCUT2D eigenvalue weighted by atomic mass is 16.5. The summed E-state index contributed by atoms with van der Waals surface area (Å²) >= 11 is 0. The Balaban J connectivity index is 2.66. The molecule has 1 heterocycles. The van der Waals surface area contributed by atoms with E-state index < -0.39 is 48.1 Å². The first kappa shape index (κ1) is 8.30. The average Bonchev–Trinajstić information content (AvgIpc) is 2.61. The molecule has 2 atom stereocenters. The van der Waals surface area contributed by atoms with Crippen molar-refractivity contribution in [1.82, 2.24) is 5.01 Å². The maximum absolute atomic E-state index is 12.4. The predicted molar refractivity (Wildman–Crippen MR) is 71.3 cm³/mol. The lowest BCUT2D eigenvalue weighted by Crippen LogP contribution is -2.42. The molecule has 1 fully saturated rings. The van der Waals surface area contributed by atoms with E-state index in [1.165, 1.54) is 5.01 Å². The van der Waals surface area contributed by atoms with Gasteiger partial charge in [0.25, 0.3) is 0 Å². The molecule has 1 aromatic carbocycles. The van der Waals surface area contributed by atoms with Gasteiger partial charge in [-0.3, -0.25) is 9.80 Å². The van der Waals surface area contributed by atoms with Gasteiger partial charge in [-0.2, -0.15) is 0 Å². The molecular weight excluding hydrogens is 244 g/mol. The van der Waals surface area contributed by atoms with Crippen molar-refractivity contribution >= 4 is 5.97 Å². The smallest absolute Gasteiger partial charge is 0.315 e. The summed E-state index contributed by atoms with van der Waals surface area (Å²) in [5, 5.41) is 4.14. The summed E-state index contributed by atoms with van der Waals surface area (Å²) in [6, 6.07) is -3.22. The molecule has 0 saturated carbocycles. The number of rotatable bonds is 4. The molecule has 1 aromatic rings. The molecule has 0 aliphatic carbocycles. The van der Waals surface area contributed by atoms with Gasteiger partial charge in [0.2, 0.25) is 0 Å². The van der Waals surface area contributed by atoms with E-state index in [-0.39, 0.29) is 5.56 Å². The number of carbonyl (C=O) groups is 1. The van der Waals surface area contributed by atoms with Gasteiger partial charge in [-0.25, -0.2) is 0 Å². The van der Waals surface area contributed by atoms with Crippen LogP contribution in [0.15, 0.2) is 35.5 Å². The first-order chi connectivity index (χ1) is 11.3. The van der Waals surface area contributed by atoms with Gasteiger partial charge >= 0.3 is 5.97 Å². The van der Waals surface area contributed by atoms with Crippen LogP contribution in [0.2, 0.25) is 0 Å². The molecule has 1 aliphatic rings. The summed E-state index contributed by atoms with van der Waals surface area (Å²) in [5.41, 5.74) is -0.159. The summed E-state index contributed by atoms with van der Waals surface area (Å²) < 4.78 is 44.1. The van der Waals surface area contributed by atoms with Gasteiger partial charge < -0.3 is 4.74 Å². The second kappa shape index (κ2) is 6.31. The van der Waals surface area contributed by atoms with Crippen LogP contribution in [-0.2, 0) is 9.53 Å². The Morgan fingerprint density at radius 1 is 1.47 bits per heavy atom. The Bertz CT molecular complexity index is 641. The molecular formula is C14H18N2O3. The van der Waals surface area contributed by atoms with Gasteiger partial charge in [0, 0.05) is 6.54 Å². The monoisotopic (exact) mass is 267 g/mol. The van der Waals surface area contributed by atoms with Crippen LogP contribution in [0.3, 0.4) is 0 Å². The molecule has 5 heteroatoms. The third-order valence-electron chi connectivity index (χ3n) is 3.30. The fraction of sp³-hybridized carbons (Fsp3) is 0.500. The molecule has 0 bridgehead atoms. The van der Waals surface area contributed by atoms with Crippen molar-refractivity contribution in [3.8, 4) is 0 Å². The number of carbonyl (C=O) groups excluding carboxylic acids is 1. The molecule has 2 rings (SSSR count). The lowest BCUT2D eigenvalue weighted by molar-refractivity contribution is -0.144. The summed E-state index contributed by atoms with van der Waals surface area (Å²) in [5.74, 6) is -1.93. The third kappa shape index (κ3) is 2.92. The number of piperidine rings is 1. The highest BCUT2D eigenvalue weighted by molar-refractivity contribution is 5.79. The lowest BCUT2D eigenvalue weighted by Gasteiger charge is -2.35. The van der Waals surface area contributed by atoms with E-state index in [0.29, 0.717) is 13.0 Å². The van der Waals surface area contributed by atoms with Crippen molar-refractivity contribution < 1.29 is 16.4 Å². The van der Waals surface area contributed by atoms with Gasteiger partial charge in [-0.1, -0.05) is 30.2 Å². The Morgan fingerprint density at radius 2 is 2.21 bits per heavy atom. The van der Waals surface area contributed by atoms with Crippen molar-refractivity contribution in [2.24, 2.45) is 5.29 Å². The number of esters is 1.